The van der Waals surface area contributed by atoms with Crippen molar-refractivity contribution in [1.29, 1.82) is 0 Å². The van der Waals surface area contributed by atoms with Crippen LogP contribution in [-0.4, -0.2) is 32.6 Å². The molecule has 7 heteroatoms. The number of hydrogen-bond acceptors (Lipinski definition) is 4. The number of aryl methyl sites for hydroxylation is 1. The van der Waals surface area contributed by atoms with Gasteiger partial charge in [0.25, 0.3) is 10.0 Å². The van der Waals surface area contributed by atoms with E-state index in [0.29, 0.717) is 24.5 Å². The van der Waals surface area contributed by atoms with E-state index in [1.807, 2.05) is 32.0 Å². The number of sulfonamides is 1. The summed E-state index contributed by atoms with van der Waals surface area (Å²) in [7, 11) is -3.73. The molecule has 0 bridgehead atoms. The summed E-state index contributed by atoms with van der Waals surface area (Å²) < 4.78 is 33.5. The van der Waals surface area contributed by atoms with E-state index in [4.69, 9.17) is 9.84 Å². The molecule has 0 aromatic heterocycles. The Morgan fingerprint density at radius 2 is 1.89 bits per heavy atom. The minimum absolute atomic E-state index is 0.0119. The highest BCUT2D eigenvalue weighted by Gasteiger charge is 2.37. The molecular weight excluding hydrogens is 378 g/mol. The summed E-state index contributed by atoms with van der Waals surface area (Å²) in [6, 6.07) is 12.2. The fraction of sp³-hybridized carbons (Fsp3) is 0.381. The molecule has 6 nitrogen and oxygen atoms in total. The highest BCUT2D eigenvalue weighted by Crippen LogP contribution is 2.43. The monoisotopic (exact) mass is 403 g/mol. The molecule has 0 amide bonds. The standard InChI is InChI=1S/C21H25NO5S/c1-3-15-5-9-18(10-6-15)28(25,26)22-14-16(7-12-21(23)24)19-13-17(27-4-2)8-11-20(19)22/h5-6,8-11,13,16H,3-4,7,12,14H2,1-2H3,(H,23,24). The molecule has 3 rings (SSSR count). The number of carboxylic acids is 1. The fourth-order valence-corrected chi connectivity index (χ4v) is 5.07. The molecule has 0 radical (unpaired) electrons. The van der Waals surface area contributed by atoms with Crippen LogP contribution in [0.2, 0.25) is 0 Å². The Balaban J connectivity index is 1.98. The molecule has 0 saturated carbocycles. The molecule has 1 N–H and O–H groups in total. The van der Waals surface area contributed by atoms with Crippen molar-refractivity contribution in [1.82, 2.24) is 0 Å². The average Bonchev–Trinajstić information content (AvgIpc) is 3.05. The predicted octanol–water partition coefficient (Wildman–Crippen LogP) is 3.81. The van der Waals surface area contributed by atoms with Crippen molar-refractivity contribution in [2.45, 2.75) is 43.9 Å². The summed E-state index contributed by atoms with van der Waals surface area (Å²) in [6.07, 6.45) is 1.20. The van der Waals surface area contributed by atoms with Gasteiger partial charge >= 0.3 is 5.97 Å². The Kier molecular flexibility index (Phi) is 5.93. The minimum atomic E-state index is -3.73. The third-order valence-electron chi connectivity index (χ3n) is 5.03. The zero-order valence-corrected chi connectivity index (χ0v) is 16.9. The number of hydrogen-bond donors (Lipinski definition) is 1. The third kappa shape index (κ3) is 3.99. The smallest absolute Gasteiger partial charge is 0.303 e. The molecule has 0 fully saturated rings. The highest BCUT2D eigenvalue weighted by molar-refractivity contribution is 7.92. The second kappa shape index (κ2) is 8.22. The Morgan fingerprint density at radius 1 is 1.18 bits per heavy atom. The van der Waals surface area contributed by atoms with Gasteiger partial charge in [0.05, 0.1) is 17.2 Å². The number of carbonyl (C=O) groups is 1. The average molecular weight is 404 g/mol. The number of benzene rings is 2. The van der Waals surface area contributed by atoms with E-state index >= 15 is 0 Å². The van der Waals surface area contributed by atoms with Crippen LogP contribution >= 0.6 is 0 Å². The van der Waals surface area contributed by atoms with Crippen molar-refractivity contribution in [2.24, 2.45) is 0 Å². The van der Waals surface area contributed by atoms with Crippen molar-refractivity contribution in [3.8, 4) is 5.75 Å². The molecule has 150 valence electrons. The number of rotatable bonds is 8. The van der Waals surface area contributed by atoms with E-state index < -0.39 is 16.0 Å². The minimum Gasteiger partial charge on any atom is -0.494 e. The summed E-state index contributed by atoms with van der Waals surface area (Å²) in [4.78, 5) is 11.3. The maximum Gasteiger partial charge on any atom is 0.303 e. The Bertz CT molecular complexity index is 953. The zero-order valence-electron chi connectivity index (χ0n) is 16.1. The van der Waals surface area contributed by atoms with Crippen LogP contribution in [0.5, 0.6) is 5.75 Å². The van der Waals surface area contributed by atoms with E-state index in [1.165, 1.54) is 4.31 Å². The molecule has 2 aromatic rings. The first-order valence-corrected chi connectivity index (χ1v) is 10.9. The quantitative estimate of drug-likeness (QED) is 0.725. The van der Waals surface area contributed by atoms with Gasteiger partial charge in [0.15, 0.2) is 0 Å². The Hall–Kier alpha value is -2.54. The SMILES string of the molecule is CCOc1ccc2c(c1)C(CCC(=O)O)CN2S(=O)(=O)c1ccc(CC)cc1. The van der Waals surface area contributed by atoms with E-state index in [9.17, 15) is 13.2 Å². The van der Waals surface area contributed by atoms with E-state index in [2.05, 4.69) is 0 Å². The maximum absolute atomic E-state index is 13.3. The van der Waals surface area contributed by atoms with Gasteiger partial charge in [0, 0.05) is 18.9 Å². The Labute approximate surface area is 165 Å². The molecule has 0 spiro atoms. The molecule has 0 saturated heterocycles. The number of aliphatic carboxylic acids is 1. The van der Waals surface area contributed by atoms with Gasteiger partial charge in [-0.1, -0.05) is 19.1 Å². The van der Waals surface area contributed by atoms with Crippen molar-refractivity contribution in [3.05, 3.63) is 53.6 Å². The summed E-state index contributed by atoms with van der Waals surface area (Å²) in [5.41, 5.74) is 2.49. The Morgan fingerprint density at radius 3 is 2.50 bits per heavy atom. The van der Waals surface area contributed by atoms with Gasteiger partial charge in [-0.15, -0.1) is 0 Å². The second-order valence-electron chi connectivity index (χ2n) is 6.82. The molecule has 0 aliphatic carbocycles. The maximum atomic E-state index is 13.3. The molecule has 1 unspecified atom stereocenters. The summed E-state index contributed by atoms with van der Waals surface area (Å²) in [5.74, 6) is -0.414. The topological polar surface area (TPSA) is 83.9 Å². The first-order valence-electron chi connectivity index (χ1n) is 9.47. The lowest BCUT2D eigenvalue weighted by Crippen LogP contribution is -2.30. The summed E-state index contributed by atoms with van der Waals surface area (Å²) >= 11 is 0. The van der Waals surface area contributed by atoms with Crippen molar-refractivity contribution in [2.75, 3.05) is 17.5 Å². The van der Waals surface area contributed by atoms with Gasteiger partial charge < -0.3 is 9.84 Å². The number of carboxylic acid groups (broad SMARTS) is 1. The first kappa shape index (κ1) is 20.2. The van der Waals surface area contributed by atoms with Crippen LogP contribution in [0.1, 0.15) is 43.7 Å². The van der Waals surface area contributed by atoms with Crippen LogP contribution in [0.25, 0.3) is 0 Å². The lowest BCUT2D eigenvalue weighted by Gasteiger charge is -2.20. The van der Waals surface area contributed by atoms with Crippen LogP contribution in [0.4, 0.5) is 5.69 Å². The van der Waals surface area contributed by atoms with Crippen LogP contribution in [0.15, 0.2) is 47.4 Å². The van der Waals surface area contributed by atoms with Crippen LogP contribution in [-0.2, 0) is 21.2 Å². The van der Waals surface area contributed by atoms with Gasteiger partial charge in [-0.25, -0.2) is 8.42 Å². The predicted molar refractivity (Wildman–Crippen MR) is 108 cm³/mol. The van der Waals surface area contributed by atoms with Crippen LogP contribution in [0.3, 0.4) is 0 Å². The molecule has 1 heterocycles. The van der Waals surface area contributed by atoms with E-state index in [0.717, 1.165) is 17.5 Å². The number of fused-ring (bicyclic) bond motifs is 1. The van der Waals surface area contributed by atoms with E-state index in [1.54, 1.807) is 24.3 Å². The number of ether oxygens (including phenoxy) is 1. The number of anilines is 1. The first-order chi connectivity index (χ1) is 13.4. The number of nitrogens with zero attached hydrogens (tertiary/aromatic N) is 1. The van der Waals surface area contributed by atoms with Gasteiger partial charge in [-0.3, -0.25) is 9.10 Å². The fourth-order valence-electron chi connectivity index (χ4n) is 3.54. The largest absolute Gasteiger partial charge is 0.494 e. The van der Waals surface area contributed by atoms with Crippen molar-refractivity contribution in [3.63, 3.8) is 0 Å². The summed E-state index contributed by atoms with van der Waals surface area (Å²) in [6.45, 7) is 4.63. The lowest BCUT2D eigenvalue weighted by atomic mass is 9.96. The van der Waals surface area contributed by atoms with Crippen LogP contribution < -0.4 is 9.04 Å². The normalized spacial score (nSPS) is 16.1. The van der Waals surface area contributed by atoms with Gasteiger partial charge in [0.1, 0.15) is 5.75 Å². The summed E-state index contributed by atoms with van der Waals surface area (Å²) in [5, 5.41) is 9.06. The van der Waals surface area contributed by atoms with Gasteiger partial charge in [-0.2, -0.15) is 0 Å². The highest BCUT2D eigenvalue weighted by atomic mass is 32.2. The molecule has 2 aromatic carbocycles. The second-order valence-corrected chi connectivity index (χ2v) is 8.68. The molecule has 1 aliphatic heterocycles. The molecule has 1 aliphatic rings. The molecule has 28 heavy (non-hydrogen) atoms. The molecule has 1 atom stereocenters. The lowest BCUT2D eigenvalue weighted by molar-refractivity contribution is -0.137. The van der Waals surface area contributed by atoms with Gasteiger partial charge in [0.2, 0.25) is 0 Å². The van der Waals surface area contributed by atoms with E-state index in [-0.39, 0.29) is 23.8 Å². The third-order valence-corrected chi connectivity index (χ3v) is 6.82. The van der Waals surface area contributed by atoms with Gasteiger partial charge in [-0.05, 0) is 61.2 Å². The van der Waals surface area contributed by atoms with Crippen molar-refractivity contribution >= 4 is 21.7 Å². The van der Waals surface area contributed by atoms with Crippen LogP contribution in [0, 0.1) is 0 Å². The zero-order chi connectivity index (χ0) is 20.3. The molecular formula is C21H25NO5S. The van der Waals surface area contributed by atoms with Crippen molar-refractivity contribution < 1.29 is 23.1 Å².